The number of aromatic amines is 1. The lowest BCUT2D eigenvalue weighted by Gasteiger charge is -1.99. The number of rotatable bonds is 3. The molecule has 0 spiro atoms. The van der Waals surface area contributed by atoms with Crippen molar-refractivity contribution in [3.8, 4) is 11.5 Å². The van der Waals surface area contributed by atoms with Crippen LogP contribution in [0, 0.1) is 10.1 Å². The van der Waals surface area contributed by atoms with Crippen LogP contribution in [-0.2, 0) is 0 Å². The smallest absolute Gasteiger partial charge is 0.367 e. The molecule has 1 aromatic heterocycles. The molecular weight excluding hydrogens is 164 g/mol. The normalized spacial score (nSPS) is 9.50. The molecule has 6 nitrogen and oxygen atoms in total. The first-order chi connectivity index (χ1) is 5.70. The Morgan fingerprint density at radius 2 is 2.17 bits per heavy atom. The van der Waals surface area contributed by atoms with Crippen molar-refractivity contribution in [2.45, 2.75) is 0 Å². The second-order valence-electron chi connectivity index (χ2n) is 2.00. The lowest BCUT2D eigenvalue weighted by Crippen LogP contribution is -1.92. The van der Waals surface area contributed by atoms with Gasteiger partial charge in [0.2, 0.25) is 5.75 Å². The third-order valence-electron chi connectivity index (χ3n) is 1.39. The van der Waals surface area contributed by atoms with Gasteiger partial charge in [0.1, 0.15) is 6.20 Å². The van der Waals surface area contributed by atoms with E-state index in [2.05, 4.69) is 4.98 Å². The lowest BCUT2D eigenvalue weighted by molar-refractivity contribution is -0.390. The molecule has 12 heavy (non-hydrogen) atoms. The van der Waals surface area contributed by atoms with Crippen LogP contribution in [0.5, 0.6) is 11.5 Å². The summed E-state index contributed by atoms with van der Waals surface area (Å²) in [6.07, 6.45) is 1.37. The van der Waals surface area contributed by atoms with Crippen molar-refractivity contribution >= 4 is 5.82 Å². The predicted molar refractivity (Wildman–Crippen MR) is 40.6 cm³/mol. The molecule has 0 aliphatic rings. The highest BCUT2D eigenvalue weighted by molar-refractivity contribution is 5.51. The number of hydrogen-bond acceptors (Lipinski definition) is 4. The summed E-state index contributed by atoms with van der Waals surface area (Å²) < 4.78 is 9.58. The molecule has 1 heterocycles. The van der Waals surface area contributed by atoms with E-state index in [0.29, 0.717) is 5.75 Å². The van der Waals surface area contributed by atoms with Crippen molar-refractivity contribution in [2.75, 3.05) is 14.2 Å². The Hall–Kier alpha value is -1.72. The number of nitro groups is 1. The lowest BCUT2D eigenvalue weighted by atomic mass is 10.5. The van der Waals surface area contributed by atoms with Crippen LogP contribution in [0.15, 0.2) is 6.20 Å². The molecule has 6 heteroatoms. The number of nitrogens with zero attached hydrogens (tertiary/aromatic N) is 1. The molecule has 0 fully saturated rings. The van der Waals surface area contributed by atoms with Gasteiger partial charge < -0.3 is 19.6 Å². The molecule has 1 rings (SSSR count). The van der Waals surface area contributed by atoms with Gasteiger partial charge in [0.05, 0.1) is 14.2 Å². The monoisotopic (exact) mass is 172 g/mol. The van der Waals surface area contributed by atoms with Crippen molar-refractivity contribution in [1.29, 1.82) is 0 Å². The van der Waals surface area contributed by atoms with E-state index in [-0.39, 0.29) is 11.6 Å². The molecule has 0 aliphatic carbocycles. The van der Waals surface area contributed by atoms with Gasteiger partial charge in [-0.1, -0.05) is 0 Å². The second-order valence-corrected chi connectivity index (χ2v) is 2.00. The van der Waals surface area contributed by atoms with Gasteiger partial charge in [-0.15, -0.1) is 0 Å². The van der Waals surface area contributed by atoms with Gasteiger partial charge in [0.15, 0.2) is 0 Å². The summed E-state index contributed by atoms with van der Waals surface area (Å²) in [7, 11) is 2.76. The van der Waals surface area contributed by atoms with Crippen molar-refractivity contribution in [1.82, 2.24) is 4.98 Å². The molecule has 0 amide bonds. The Morgan fingerprint density at radius 1 is 1.50 bits per heavy atom. The average molecular weight is 172 g/mol. The zero-order valence-electron chi connectivity index (χ0n) is 6.66. The van der Waals surface area contributed by atoms with Crippen LogP contribution in [0.1, 0.15) is 0 Å². The summed E-state index contributed by atoms with van der Waals surface area (Å²) in [5.41, 5.74) is 0. The van der Waals surface area contributed by atoms with Gasteiger partial charge in [-0.05, 0) is 4.92 Å². The summed E-state index contributed by atoms with van der Waals surface area (Å²) in [6.45, 7) is 0. The molecule has 66 valence electrons. The highest BCUT2D eigenvalue weighted by Crippen LogP contribution is 2.35. The zero-order valence-corrected chi connectivity index (χ0v) is 6.66. The molecule has 0 unspecified atom stereocenters. The van der Waals surface area contributed by atoms with Gasteiger partial charge in [-0.3, -0.25) is 0 Å². The number of methoxy groups -OCH3 is 2. The van der Waals surface area contributed by atoms with E-state index in [1.165, 1.54) is 20.4 Å². The maximum Gasteiger partial charge on any atom is 0.367 e. The Morgan fingerprint density at radius 3 is 2.58 bits per heavy atom. The number of H-pyrrole nitrogens is 1. The Kier molecular flexibility index (Phi) is 2.18. The van der Waals surface area contributed by atoms with Crippen LogP contribution < -0.4 is 9.47 Å². The highest BCUT2D eigenvalue weighted by Gasteiger charge is 2.20. The SMILES string of the molecule is COc1c[nH]c([N+](=O)[O-])c1OC. The van der Waals surface area contributed by atoms with Gasteiger partial charge in [0.25, 0.3) is 5.75 Å². The van der Waals surface area contributed by atoms with E-state index in [1.54, 1.807) is 0 Å². The molecule has 0 saturated carbocycles. The van der Waals surface area contributed by atoms with Gasteiger partial charge in [-0.25, -0.2) is 4.98 Å². The molecule has 1 aromatic rings. The number of aromatic nitrogens is 1. The first-order valence-corrected chi connectivity index (χ1v) is 3.14. The number of ether oxygens (including phenoxy) is 2. The average Bonchev–Trinajstić information content (AvgIpc) is 2.46. The Balaban J connectivity index is 3.13. The largest absolute Gasteiger partial charge is 0.490 e. The second kappa shape index (κ2) is 3.12. The third-order valence-corrected chi connectivity index (χ3v) is 1.39. The highest BCUT2D eigenvalue weighted by atomic mass is 16.6. The fourth-order valence-corrected chi connectivity index (χ4v) is 0.866. The first kappa shape index (κ1) is 8.38. The van der Waals surface area contributed by atoms with E-state index in [9.17, 15) is 10.1 Å². The molecule has 0 aromatic carbocycles. The predicted octanol–water partition coefficient (Wildman–Crippen LogP) is 0.940. The minimum atomic E-state index is -0.568. The van der Waals surface area contributed by atoms with E-state index in [4.69, 9.17) is 9.47 Å². The standard InChI is InChI=1S/C6H8N2O4/c1-11-4-3-7-6(8(9)10)5(4)12-2/h3,7H,1-2H3. The van der Waals surface area contributed by atoms with Crippen molar-refractivity contribution in [3.63, 3.8) is 0 Å². The van der Waals surface area contributed by atoms with Crippen LogP contribution in [0.4, 0.5) is 5.82 Å². The third kappa shape index (κ3) is 1.18. The minimum Gasteiger partial charge on any atom is -0.490 e. The van der Waals surface area contributed by atoms with E-state index < -0.39 is 4.92 Å². The van der Waals surface area contributed by atoms with Crippen LogP contribution in [-0.4, -0.2) is 24.1 Å². The Bertz CT molecular complexity index is 294. The van der Waals surface area contributed by atoms with E-state index in [1.807, 2.05) is 0 Å². The zero-order chi connectivity index (χ0) is 9.14. The molecule has 0 atom stereocenters. The molecule has 0 saturated heterocycles. The van der Waals surface area contributed by atoms with Crippen LogP contribution in [0.25, 0.3) is 0 Å². The molecular formula is C6H8N2O4. The fraction of sp³-hybridized carbons (Fsp3) is 0.333. The van der Waals surface area contributed by atoms with Gasteiger partial charge in [-0.2, -0.15) is 0 Å². The Labute approximate surface area is 68.3 Å². The summed E-state index contributed by atoms with van der Waals surface area (Å²) in [6, 6.07) is 0. The van der Waals surface area contributed by atoms with Crippen LogP contribution in [0.2, 0.25) is 0 Å². The van der Waals surface area contributed by atoms with Crippen molar-refractivity contribution in [3.05, 3.63) is 16.3 Å². The summed E-state index contributed by atoms with van der Waals surface area (Å²) >= 11 is 0. The quantitative estimate of drug-likeness (QED) is 0.543. The van der Waals surface area contributed by atoms with Gasteiger partial charge in [0, 0.05) is 0 Å². The van der Waals surface area contributed by atoms with E-state index >= 15 is 0 Å². The summed E-state index contributed by atoms with van der Waals surface area (Å²) in [5.74, 6) is 0.237. The van der Waals surface area contributed by atoms with Crippen molar-refractivity contribution in [2.24, 2.45) is 0 Å². The fourth-order valence-electron chi connectivity index (χ4n) is 0.866. The molecule has 0 bridgehead atoms. The van der Waals surface area contributed by atoms with Gasteiger partial charge >= 0.3 is 5.82 Å². The molecule has 1 N–H and O–H groups in total. The number of nitrogens with one attached hydrogen (secondary N) is 1. The molecule has 0 aliphatic heterocycles. The summed E-state index contributed by atoms with van der Waals surface area (Å²) in [5, 5.41) is 10.3. The summed E-state index contributed by atoms with van der Waals surface area (Å²) in [4.78, 5) is 12.2. The number of hydrogen-bond donors (Lipinski definition) is 1. The topological polar surface area (TPSA) is 77.4 Å². The maximum absolute atomic E-state index is 10.3. The molecule has 0 radical (unpaired) electrons. The van der Waals surface area contributed by atoms with Crippen molar-refractivity contribution < 1.29 is 14.4 Å². The van der Waals surface area contributed by atoms with E-state index in [0.717, 1.165) is 0 Å². The maximum atomic E-state index is 10.3. The van der Waals surface area contributed by atoms with Crippen LogP contribution >= 0.6 is 0 Å². The minimum absolute atomic E-state index is 0.113. The first-order valence-electron chi connectivity index (χ1n) is 3.14. The van der Waals surface area contributed by atoms with Crippen LogP contribution in [0.3, 0.4) is 0 Å².